The van der Waals surface area contributed by atoms with Crippen LogP contribution in [0.3, 0.4) is 0 Å². The van der Waals surface area contributed by atoms with Crippen LogP contribution in [0.2, 0.25) is 0 Å². The number of hydrogen-bond acceptors (Lipinski definition) is 3. The Labute approximate surface area is 111 Å². The highest BCUT2D eigenvalue weighted by Gasteiger charge is 2.25. The Bertz CT molecular complexity index is 241. The van der Waals surface area contributed by atoms with Crippen molar-refractivity contribution in [3.8, 4) is 0 Å². The summed E-state index contributed by atoms with van der Waals surface area (Å²) >= 11 is 0. The van der Waals surface area contributed by atoms with Crippen LogP contribution < -0.4 is 5.32 Å². The van der Waals surface area contributed by atoms with Crippen molar-refractivity contribution in [2.24, 2.45) is 11.8 Å². The lowest BCUT2D eigenvalue weighted by molar-refractivity contribution is 0.0468. The van der Waals surface area contributed by atoms with Crippen molar-refractivity contribution in [1.29, 1.82) is 0 Å². The summed E-state index contributed by atoms with van der Waals surface area (Å²) in [7, 11) is 0. The van der Waals surface area contributed by atoms with Gasteiger partial charge in [-0.25, -0.2) is 0 Å². The molecule has 0 aromatic rings. The summed E-state index contributed by atoms with van der Waals surface area (Å²) in [6.45, 7) is 7.24. The molecule has 0 aromatic heterocycles. The lowest BCUT2D eigenvalue weighted by Crippen LogP contribution is -2.40. The molecule has 0 aromatic carbocycles. The average molecular weight is 252 g/mol. The number of rotatable bonds is 5. The molecule has 0 unspecified atom stereocenters. The Morgan fingerprint density at radius 1 is 0.889 bits per heavy atom. The topological polar surface area (TPSA) is 24.5 Å². The first-order chi connectivity index (χ1) is 8.90. The highest BCUT2D eigenvalue weighted by Crippen LogP contribution is 2.23. The Morgan fingerprint density at radius 3 is 2.28 bits per heavy atom. The molecule has 3 aliphatic rings. The largest absolute Gasteiger partial charge is 0.381 e. The summed E-state index contributed by atoms with van der Waals surface area (Å²) in [5.41, 5.74) is 0. The third kappa shape index (κ3) is 3.94. The van der Waals surface area contributed by atoms with Gasteiger partial charge in [-0.2, -0.15) is 0 Å². The summed E-state index contributed by atoms with van der Waals surface area (Å²) in [5.74, 6) is 1.84. The van der Waals surface area contributed by atoms with E-state index in [0.29, 0.717) is 0 Å². The van der Waals surface area contributed by atoms with Crippen molar-refractivity contribution in [2.45, 2.75) is 44.6 Å². The number of piperidine rings is 1. The monoisotopic (exact) mass is 252 g/mol. The number of nitrogens with one attached hydrogen (secondary N) is 1. The highest BCUT2D eigenvalue weighted by atomic mass is 16.5. The van der Waals surface area contributed by atoms with Crippen molar-refractivity contribution in [3.05, 3.63) is 0 Å². The minimum Gasteiger partial charge on any atom is -0.381 e. The molecule has 3 fully saturated rings. The van der Waals surface area contributed by atoms with Gasteiger partial charge in [-0.05, 0) is 70.0 Å². The third-order valence-corrected chi connectivity index (χ3v) is 4.84. The molecule has 1 aliphatic carbocycles. The van der Waals surface area contributed by atoms with Gasteiger partial charge < -0.3 is 15.0 Å². The van der Waals surface area contributed by atoms with Gasteiger partial charge in [0.2, 0.25) is 0 Å². The van der Waals surface area contributed by atoms with E-state index in [2.05, 4.69) is 10.2 Å². The van der Waals surface area contributed by atoms with Gasteiger partial charge >= 0.3 is 0 Å². The zero-order chi connectivity index (χ0) is 12.2. The fourth-order valence-corrected chi connectivity index (χ4v) is 3.29. The first kappa shape index (κ1) is 12.9. The van der Waals surface area contributed by atoms with Crippen LogP contribution in [0, 0.1) is 11.8 Å². The Kier molecular flexibility index (Phi) is 4.55. The molecule has 0 bridgehead atoms. The summed E-state index contributed by atoms with van der Waals surface area (Å²) < 4.78 is 5.44. The molecule has 104 valence electrons. The molecule has 1 N–H and O–H groups in total. The minimum absolute atomic E-state index is 0.880. The molecule has 0 spiro atoms. The molecular formula is C15H28N2O. The molecule has 3 nitrogen and oxygen atoms in total. The molecule has 0 amide bonds. The van der Waals surface area contributed by atoms with Crippen LogP contribution in [0.15, 0.2) is 0 Å². The second-order valence-electron chi connectivity index (χ2n) is 6.48. The van der Waals surface area contributed by atoms with Crippen molar-refractivity contribution < 1.29 is 4.74 Å². The van der Waals surface area contributed by atoms with Crippen LogP contribution in [-0.4, -0.2) is 50.3 Å². The fraction of sp³-hybridized carbons (Fsp3) is 1.00. The number of hydrogen-bond donors (Lipinski definition) is 1. The molecule has 3 rings (SSSR count). The van der Waals surface area contributed by atoms with Crippen LogP contribution in [0.25, 0.3) is 0 Å². The third-order valence-electron chi connectivity index (χ3n) is 4.84. The van der Waals surface area contributed by atoms with Crippen LogP contribution in [0.1, 0.15) is 38.5 Å². The zero-order valence-corrected chi connectivity index (χ0v) is 11.6. The van der Waals surface area contributed by atoms with E-state index in [1.54, 1.807) is 0 Å². The van der Waals surface area contributed by atoms with Gasteiger partial charge in [0.05, 0.1) is 0 Å². The molecule has 18 heavy (non-hydrogen) atoms. The quantitative estimate of drug-likeness (QED) is 0.808. The highest BCUT2D eigenvalue weighted by molar-refractivity contribution is 4.83. The average Bonchev–Trinajstić information content (AvgIpc) is 3.23. The maximum absolute atomic E-state index is 5.44. The van der Waals surface area contributed by atoms with Crippen molar-refractivity contribution in [3.63, 3.8) is 0 Å². The van der Waals surface area contributed by atoms with Crippen molar-refractivity contribution >= 4 is 0 Å². The van der Waals surface area contributed by atoms with E-state index in [1.807, 2.05) is 0 Å². The Morgan fingerprint density at radius 2 is 1.61 bits per heavy atom. The van der Waals surface area contributed by atoms with E-state index >= 15 is 0 Å². The maximum Gasteiger partial charge on any atom is 0.0469 e. The normalized spacial score (nSPS) is 28.7. The Balaban J connectivity index is 1.31. The van der Waals surface area contributed by atoms with E-state index in [1.165, 1.54) is 64.7 Å². The van der Waals surface area contributed by atoms with Crippen molar-refractivity contribution in [2.75, 3.05) is 39.4 Å². The Hall–Kier alpha value is -0.120. The minimum atomic E-state index is 0.880. The predicted molar refractivity (Wildman–Crippen MR) is 73.7 cm³/mol. The number of likely N-dealkylation sites (tertiary alicyclic amines) is 1. The lowest BCUT2D eigenvalue weighted by atomic mass is 9.94. The van der Waals surface area contributed by atoms with E-state index in [0.717, 1.165) is 31.1 Å². The molecule has 3 heteroatoms. The van der Waals surface area contributed by atoms with Crippen LogP contribution in [0.5, 0.6) is 0 Å². The molecular weight excluding hydrogens is 224 g/mol. The lowest BCUT2D eigenvalue weighted by Gasteiger charge is -2.35. The van der Waals surface area contributed by atoms with Gasteiger partial charge in [-0.3, -0.25) is 0 Å². The van der Waals surface area contributed by atoms with Gasteiger partial charge in [-0.1, -0.05) is 0 Å². The first-order valence-corrected chi connectivity index (χ1v) is 7.93. The van der Waals surface area contributed by atoms with E-state index in [4.69, 9.17) is 4.74 Å². The first-order valence-electron chi connectivity index (χ1n) is 7.93. The van der Waals surface area contributed by atoms with Gasteiger partial charge in [0.25, 0.3) is 0 Å². The second kappa shape index (κ2) is 6.36. The molecule has 2 saturated heterocycles. The predicted octanol–water partition coefficient (Wildman–Crippen LogP) is 1.88. The van der Waals surface area contributed by atoms with Gasteiger partial charge in [0.1, 0.15) is 0 Å². The summed E-state index contributed by atoms with van der Waals surface area (Å²) in [4.78, 5) is 2.70. The molecule has 0 radical (unpaired) electrons. The number of ether oxygens (including phenoxy) is 1. The smallest absolute Gasteiger partial charge is 0.0469 e. The standard InChI is InChI=1S/C15H28N2O/c1-2-15(1)16-11-13-3-7-17(8-4-13)12-14-5-9-18-10-6-14/h13-16H,1-12H2. The maximum atomic E-state index is 5.44. The molecule has 1 saturated carbocycles. The van der Waals surface area contributed by atoms with Crippen molar-refractivity contribution in [1.82, 2.24) is 10.2 Å². The van der Waals surface area contributed by atoms with E-state index in [-0.39, 0.29) is 0 Å². The van der Waals surface area contributed by atoms with Crippen LogP contribution in [0.4, 0.5) is 0 Å². The van der Waals surface area contributed by atoms with Gasteiger partial charge in [0.15, 0.2) is 0 Å². The van der Waals surface area contributed by atoms with Gasteiger partial charge in [-0.15, -0.1) is 0 Å². The SMILES string of the molecule is C1CC(CN2CCC(CNC3CC3)CC2)CCO1. The number of nitrogens with zero attached hydrogens (tertiary/aromatic N) is 1. The van der Waals surface area contributed by atoms with E-state index in [9.17, 15) is 0 Å². The van der Waals surface area contributed by atoms with E-state index < -0.39 is 0 Å². The van der Waals surface area contributed by atoms with Crippen LogP contribution in [-0.2, 0) is 4.74 Å². The second-order valence-corrected chi connectivity index (χ2v) is 6.48. The van der Waals surface area contributed by atoms with Gasteiger partial charge in [0, 0.05) is 25.8 Å². The fourth-order valence-electron chi connectivity index (χ4n) is 3.29. The molecule has 2 aliphatic heterocycles. The molecule has 2 heterocycles. The van der Waals surface area contributed by atoms with Crippen LogP contribution >= 0.6 is 0 Å². The molecule has 0 atom stereocenters. The zero-order valence-electron chi connectivity index (χ0n) is 11.6. The summed E-state index contributed by atoms with van der Waals surface area (Å²) in [5, 5.41) is 3.69. The summed E-state index contributed by atoms with van der Waals surface area (Å²) in [6, 6.07) is 0.880. The summed E-state index contributed by atoms with van der Waals surface area (Å²) in [6.07, 6.45) is 8.21.